The number of benzene rings is 3. The number of aryl methyl sites for hydroxylation is 1. The zero-order valence-corrected chi connectivity index (χ0v) is 25.4. The van der Waals surface area contributed by atoms with Crippen molar-refractivity contribution in [3.05, 3.63) is 90.0 Å². The van der Waals surface area contributed by atoms with E-state index in [1.165, 1.54) is 17.0 Å². The molecule has 220 valence electrons. The molecule has 1 N–H and O–H groups in total. The molecule has 0 aliphatic carbocycles. The lowest BCUT2D eigenvalue weighted by Crippen LogP contribution is -2.53. The molecule has 9 heteroatoms. The summed E-state index contributed by atoms with van der Waals surface area (Å²) in [4.78, 5) is 28.9. The Morgan fingerprint density at radius 3 is 2.07 bits per heavy atom. The SMILES string of the molecule is CCOc1ccc(S(=O)(=O)N(CC(=O)N(Cc2ccccc2)C(CC)C(=O)NC(C)CC)c2ccc(C)cc2)cc1. The number of hydrogen-bond acceptors (Lipinski definition) is 5. The van der Waals surface area contributed by atoms with Crippen LogP contribution < -0.4 is 14.4 Å². The number of ether oxygens (including phenoxy) is 1. The van der Waals surface area contributed by atoms with Gasteiger partial charge in [0.15, 0.2) is 0 Å². The van der Waals surface area contributed by atoms with E-state index in [9.17, 15) is 18.0 Å². The maximum Gasteiger partial charge on any atom is 0.264 e. The lowest BCUT2D eigenvalue weighted by atomic mass is 10.1. The fourth-order valence-corrected chi connectivity index (χ4v) is 5.80. The third kappa shape index (κ3) is 8.33. The van der Waals surface area contributed by atoms with Gasteiger partial charge in [0.1, 0.15) is 18.3 Å². The third-order valence-corrected chi connectivity index (χ3v) is 8.69. The molecular formula is C32H41N3O5S. The zero-order valence-electron chi connectivity index (χ0n) is 24.5. The van der Waals surface area contributed by atoms with E-state index in [0.29, 0.717) is 24.5 Å². The lowest BCUT2D eigenvalue weighted by molar-refractivity contribution is -0.140. The Balaban J connectivity index is 2.03. The van der Waals surface area contributed by atoms with E-state index in [1.54, 1.807) is 36.4 Å². The monoisotopic (exact) mass is 579 g/mol. The quantitative estimate of drug-likeness (QED) is 0.279. The fraction of sp³-hybridized carbons (Fsp3) is 0.375. The second-order valence-corrected chi connectivity index (χ2v) is 11.9. The molecule has 0 fully saturated rings. The summed E-state index contributed by atoms with van der Waals surface area (Å²) >= 11 is 0. The number of hydrogen-bond donors (Lipinski definition) is 1. The Hall–Kier alpha value is -3.85. The highest BCUT2D eigenvalue weighted by Gasteiger charge is 2.34. The second-order valence-electron chi connectivity index (χ2n) is 10.0. The van der Waals surface area contributed by atoms with E-state index in [2.05, 4.69) is 5.32 Å². The molecule has 0 aliphatic rings. The zero-order chi connectivity index (χ0) is 30.0. The molecule has 3 rings (SSSR count). The fourth-order valence-electron chi connectivity index (χ4n) is 4.38. The molecule has 0 bridgehead atoms. The molecule has 0 saturated carbocycles. The highest BCUT2D eigenvalue weighted by atomic mass is 32.2. The Labute approximate surface area is 244 Å². The van der Waals surface area contributed by atoms with Crippen molar-refractivity contribution in [3.8, 4) is 5.75 Å². The Morgan fingerprint density at radius 2 is 1.51 bits per heavy atom. The van der Waals surface area contributed by atoms with Crippen LogP contribution in [0.15, 0.2) is 83.8 Å². The maximum absolute atomic E-state index is 14.1. The number of rotatable bonds is 14. The van der Waals surface area contributed by atoms with Crippen molar-refractivity contribution in [3.63, 3.8) is 0 Å². The van der Waals surface area contributed by atoms with Crippen LogP contribution in [0.5, 0.6) is 5.75 Å². The molecular weight excluding hydrogens is 538 g/mol. The molecule has 2 amide bonds. The Morgan fingerprint density at radius 1 is 0.878 bits per heavy atom. The van der Waals surface area contributed by atoms with Crippen molar-refractivity contribution in [2.75, 3.05) is 17.5 Å². The minimum absolute atomic E-state index is 0.0329. The first-order chi connectivity index (χ1) is 19.6. The smallest absolute Gasteiger partial charge is 0.264 e. The molecule has 2 unspecified atom stereocenters. The molecule has 8 nitrogen and oxygen atoms in total. The Bertz CT molecular complexity index is 1380. The van der Waals surface area contributed by atoms with E-state index < -0.39 is 28.5 Å². The van der Waals surface area contributed by atoms with Gasteiger partial charge in [0.2, 0.25) is 11.8 Å². The minimum Gasteiger partial charge on any atom is -0.494 e. The van der Waals surface area contributed by atoms with Crippen molar-refractivity contribution < 1.29 is 22.7 Å². The Kier molecular flexibility index (Phi) is 11.3. The number of nitrogens with one attached hydrogen (secondary N) is 1. The third-order valence-electron chi connectivity index (χ3n) is 6.91. The van der Waals surface area contributed by atoms with Crippen LogP contribution >= 0.6 is 0 Å². The van der Waals surface area contributed by atoms with Gasteiger partial charge in [-0.1, -0.05) is 61.9 Å². The van der Waals surface area contributed by atoms with Crippen molar-refractivity contribution in [1.82, 2.24) is 10.2 Å². The van der Waals surface area contributed by atoms with Crippen LogP contribution in [0.4, 0.5) is 5.69 Å². The first-order valence-electron chi connectivity index (χ1n) is 14.1. The first-order valence-corrected chi connectivity index (χ1v) is 15.5. The van der Waals surface area contributed by atoms with Crippen LogP contribution in [0, 0.1) is 6.92 Å². The number of sulfonamides is 1. The van der Waals surface area contributed by atoms with Gasteiger partial charge >= 0.3 is 0 Å². The van der Waals surface area contributed by atoms with Gasteiger partial charge in [0.25, 0.3) is 10.0 Å². The van der Waals surface area contributed by atoms with E-state index in [0.717, 1.165) is 21.9 Å². The minimum atomic E-state index is -4.15. The van der Waals surface area contributed by atoms with Crippen LogP contribution in [0.3, 0.4) is 0 Å². The van der Waals surface area contributed by atoms with E-state index in [4.69, 9.17) is 4.74 Å². The number of carbonyl (C=O) groups is 2. The molecule has 41 heavy (non-hydrogen) atoms. The molecule has 3 aromatic rings. The molecule has 0 spiro atoms. The van der Waals surface area contributed by atoms with Crippen LogP contribution in [0.2, 0.25) is 0 Å². The van der Waals surface area contributed by atoms with E-state index in [-0.39, 0.29) is 23.4 Å². The predicted octanol–water partition coefficient (Wildman–Crippen LogP) is 5.31. The molecule has 0 saturated heterocycles. The topological polar surface area (TPSA) is 96.0 Å². The van der Waals surface area contributed by atoms with Gasteiger partial charge in [0, 0.05) is 12.6 Å². The lowest BCUT2D eigenvalue weighted by Gasteiger charge is -2.33. The van der Waals surface area contributed by atoms with Crippen LogP contribution in [0.25, 0.3) is 0 Å². The summed E-state index contributed by atoms with van der Waals surface area (Å²) in [6.07, 6.45) is 1.12. The van der Waals surface area contributed by atoms with Crippen molar-refractivity contribution in [2.45, 2.75) is 71.0 Å². The number of amides is 2. The molecule has 0 aromatic heterocycles. The standard InChI is InChI=1S/C32H41N3O5S/c1-6-25(5)33-32(37)30(7-2)34(22-26-12-10-9-11-13-26)31(36)23-35(27-16-14-24(4)15-17-27)41(38,39)29-20-18-28(19-21-29)40-8-3/h9-21,25,30H,6-8,22-23H2,1-5H3,(H,33,37). The number of carbonyl (C=O) groups excluding carboxylic acids is 2. The molecule has 0 radical (unpaired) electrons. The average molecular weight is 580 g/mol. The van der Waals surface area contributed by atoms with Crippen molar-refractivity contribution >= 4 is 27.5 Å². The van der Waals surface area contributed by atoms with Crippen LogP contribution in [0.1, 0.15) is 51.7 Å². The second kappa shape index (κ2) is 14.7. The van der Waals surface area contributed by atoms with Crippen LogP contribution in [-0.4, -0.2) is 50.4 Å². The predicted molar refractivity (Wildman–Crippen MR) is 162 cm³/mol. The van der Waals surface area contributed by atoms with E-state index >= 15 is 0 Å². The van der Waals surface area contributed by atoms with E-state index in [1.807, 2.05) is 65.0 Å². The summed E-state index contributed by atoms with van der Waals surface area (Å²) in [5.41, 5.74) is 2.15. The summed E-state index contributed by atoms with van der Waals surface area (Å²) in [5, 5.41) is 2.99. The van der Waals surface area contributed by atoms with Gasteiger partial charge < -0.3 is 15.0 Å². The van der Waals surface area contributed by atoms with Crippen LogP contribution in [-0.2, 0) is 26.2 Å². The highest BCUT2D eigenvalue weighted by Crippen LogP contribution is 2.26. The normalized spacial score (nSPS) is 12.7. The van der Waals surface area contributed by atoms with Crippen molar-refractivity contribution in [1.29, 1.82) is 0 Å². The van der Waals surface area contributed by atoms with Gasteiger partial charge in [-0.25, -0.2) is 8.42 Å². The summed E-state index contributed by atoms with van der Waals surface area (Å²) in [6.45, 7) is 9.64. The summed E-state index contributed by atoms with van der Waals surface area (Å²) < 4.78 is 34.6. The largest absolute Gasteiger partial charge is 0.494 e. The van der Waals surface area contributed by atoms with Gasteiger partial charge in [0.05, 0.1) is 17.2 Å². The van der Waals surface area contributed by atoms with Gasteiger partial charge in [-0.15, -0.1) is 0 Å². The summed E-state index contributed by atoms with van der Waals surface area (Å²) in [5.74, 6) is -0.186. The number of anilines is 1. The summed E-state index contributed by atoms with van der Waals surface area (Å²) in [6, 6.07) is 21.7. The van der Waals surface area contributed by atoms with Gasteiger partial charge in [-0.3, -0.25) is 13.9 Å². The molecule has 2 atom stereocenters. The molecule has 0 heterocycles. The van der Waals surface area contributed by atoms with Gasteiger partial charge in [-0.2, -0.15) is 0 Å². The highest BCUT2D eigenvalue weighted by molar-refractivity contribution is 7.92. The summed E-state index contributed by atoms with van der Waals surface area (Å²) in [7, 11) is -4.15. The van der Waals surface area contributed by atoms with Crippen molar-refractivity contribution in [2.24, 2.45) is 0 Å². The molecule has 0 aliphatic heterocycles. The molecule has 3 aromatic carbocycles. The maximum atomic E-state index is 14.1. The first kappa shape index (κ1) is 31.7. The average Bonchev–Trinajstić information content (AvgIpc) is 2.97. The number of nitrogens with zero attached hydrogens (tertiary/aromatic N) is 2. The van der Waals surface area contributed by atoms with Gasteiger partial charge in [-0.05, 0) is 75.6 Å².